The van der Waals surface area contributed by atoms with Gasteiger partial charge in [-0.3, -0.25) is 14.4 Å². The number of ether oxygens (including phenoxy) is 6. The Morgan fingerprint density at radius 3 is 2.31 bits per heavy atom. The van der Waals surface area contributed by atoms with Crippen LogP contribution in [0.5, 0.6) is 0 Å². The molecule has 302 valence electrons. The Morgan fingerprint density at radius 1 is 1.05 bits per heavy atom. The maximum Gasteiger partial charge on any atom is 0.420 e. The number of esters is 2. The Bertz CT molecular complexity index is 1700. The van der Waals surface area contributed by atoms with Crippen molar-refractivity contribution in [2.45, 2.75) is 123 Å². The van der Waals surface area contributed by atoms with Crippen LogP contribution in [0.4, 0.5) is 4.79 Å². The van der Waals surface area contributed by atoms with Crippen LogP contribution >= 0.6 is 0 Å². The zero-order valence-electron chi connectivity index (χ0n) is 33.8. The first-order valence-corrected chi connectivity index (χ1v) is 18.8. The number of hydrogen-bond acceptors (Lipinski definition) is 13. The summed E-state index contributed by atoms with van der Waals surface area (Å²) < 4.78 is 38.5. The normalized spacial score (nSPS) is 34.0. The summed E-state index contributed by atoms with van der Waals surface area (Å²) in [6, 6.07) is 8.25. The minimum atomic E-state index is -1.61. The molecule has 1 fully saturated rings. The van der Waals surface area contributed by atoms with Crippen molar-refractivity contribution in [3.63, 3.8) is 0 Å². The molecule has 1 aromatic heterocycles. The van der Waals surface area contributed by atoms with Crippen LogP contribution in [0.2, 0.25) is 0 Å². The summed E-state index contributed by atoms with van der Waals surface area (Å²) in [6.07, 6.45) is 0.963. The Balaban J connectivity index is 1.78. The third-order valence-electron chi connectivity index (χ3n) is 10.9. The first-order chi connectivity index (χ1) is 25.8. The van der Waals surface area contributed by atoms with Crippen LogP contribution in [0.1, 0.15) is 85.0 Å². The fourth-order valence-corrected chi connectivity index (χ4v) is 7.68. The fourth-order valence-electron chi connectivity index (χ4n) is 7.68. The maximum absolute atomic E-state index is 14.4. The van der Waals surface area contributed by atoms with E-state index in [0.717, 1.165) is 4.57 Å². The average molecular weight is 768 g/mol. The molecule has 4 rings (SSSR count). The van der Waals surface area contributed by atoms with E-state index in [2.05, 4.69) is 4.98 Å². The van der Waals surface area contributed by atoms with Crippen molar-refractivity contribution in [2.24, 2.45) is 17.8 Å². The number of allylic oxidation sites excluding steroid dienone is 1. The second-order valence-electron chi connectivity index (χ2n) is 15.5. The lowest BCUT2D eigenvalue weighted by atomic mass is 9.77. The largest absolute Gasteiger partial charge is 0.457 e. The lowest BCUT2D eigenvalue weighted by Gasteiger charge is -2.47. The Hall–Kier alpha value is -4.24. The summed E-state index contributed by atoms with van der Waals surface area (Å²) in [6.45, 7) is 13.4. The molecule has 14 heteroatoms. The number of hydrogen-bond donors (Lipinski definition) is 0. The monoisotopic (exact) mass is 767 g/mol. The van der Waals surface area contributed by atoms with Crippen molar-refractivity contribution in [1.82, 2.24) is 14.5 Å². The van der Waals surface area contributed by atoms with Gasteiger partial charge in [-0.25, -0.2) is 19.1 Å². The highest BCUT2D eigenvalue weighted by molar-refractivity contribution is 6.00. The molecule has 11 unspecified atom stereocenters. The van der Waals surface area contributed by atoms with Crippen LogP contribution in [0.3, 0.4) is 0 Å². The van der Waals surface area contributed by atoms with Crippen molar-refractivity contribution in [1.29, 1.82) is 0 Å². The molecule has 1 saturated heterocycles. The zero-order valence-corrected chi connectivity index (χ0v) is 33.8. The van der Waals surface area contributed by atoms with Gasteiger partial charge in [0.25, 0.3) is 0 Å². The van der Waals surface area contributed by atoms with E-state index < -0.39 is 77.4 Å². The van der Waals surface area contributed by atoms with Crippen molar-refractivity contribution < 1.29 is 52.4 Å². The van der Waals surface area contributed by atoms with Crippen molar-refractivity contribution in [2.75, 3.05) is 21.2 Å². The first kappa shape index (κ1) is 43.5. The number of carbonyl (C=O) groups excluding carboxylic acids is 5. The molecule has 0 N–H and O–H groups in total. The number of benzene rings is 1. The topological polar surface area (TPSA) is 162 Å². The number of aromatic nitrogens is 2. The van der Waals surface area contributed by atoms with Crippen molar-refractivity contribution >= 4 is 29.6 Å². The number of imidazole rings is 1. The van der Waals surface area contributed by atoms with Gasteiger partial charge in [-0.1, -0.05) is 39.0 Å². The molecule has 55 heavy (non-hydrogen) atoms. The van der Waals surface area contributed by atoms with Crippen molar-refractivity contribution in [3.8, 4) is 0 Å². The molecule has 0 aliphatic carbocycles. The van der Waals surface area contributed by atoms with Crippen molar-refractivity contribution in [3.05, 3.63) is 66.3 Å². The summed E-state index contributed by atoms with van der Waals surface area (Å²) in [5, 5.41) is 0. The molecule has 2 aliphatic heterocycles. The number of ketones is 2. The van der Waals surface area contributed by atoms with Gasteiger partial charge < -0.3 is 33.3 Å². The number of carbonyl (C=O) groups is 5. The van der Waals surface area contributed by atoms with Gasteiger partial charge in [-0.15, -0.1) is 0 Å². The summed E-state index contributed by atoms with van der Waals surface area (Å²) in [5.74, 6) is -5.23. The molecule has 0 bridgehead atoms. The molecule has 11 atom stereocenters. The highest BCUT2D eigenvalue weighted by Crippen LogP contribution is 2.38. The first-order valence-electron chi connectivity index (χ1n) is 18.8. The van der Waals surface area contributed by atoms with E-state index in [1.807, 2.05) is 25.9 Å². The van der Waals surface area contributed by atoms with Gasteiger partial charge in [0.05, 0.1) is 29.4 Å². The summed E-state index contributed by atoms with van der Waals surface area (Å²) in [4.78, 5) is 74.9. The lowest BCUT2D eigenvalue weighted by Crippen LogP contribution is -2.60. The molecular formula is C41H57N3O11. The van der Waals surface area contributed by atoms with Gasteiger partial charge in [-0.2, -0.15) is 0 Å². The Labute approximate surface area is 323 Å². The van der Waals surface area contributed by atoms with E-state index in [4.69, 9.17) is 28.4 Å². The van der Waals surface area contributed by atoms with Crippen LogP contribution in [0.15, 0.2) is 60.7 Å². The molecule has 0 radical (unpaired) electrons. The number of nitrogens with zero attached hydrogens (tertiary/aromatic N) is 3. The minimum absolute atomic E-state index is 0.0746. The number of Topliss-reactive ketones (excluding diaryl/α,β-unsaturated/α-hetero) is 2. The molecule has 1 aromatic carbocycles. The summed E-state index contributed by atoms with van der Waals surface area (Å²) in [7, 11) is 5.21. The quantitative estimate of drug-likeness (QED) is 0.190. The molecule has 3 heterocycles. The number of methoxy groups -OCH3 is 1. The lowest BCUT2D eigenvalue weighted by molar-refractivity contribution is -0.294. The highest BCUT2D eigenvalue weighted by Gasteiger charge is 2.51. The predicted octanol–water partition coefficient (Wildman–Crippen LogP) is 5.43. The number of rotatable bonds is 8. The SMILES string of the molecule is CCC1OC(=O)C(C)C(=O)C(C)C(OC2OC(C)CC(N(C)C)C2OC(=O)c2ccccc2)C(C)(OC)CC(C)C(=O)C(C)=CC1(C)OC(=O)n1ccnc1. The van der Waals surface area contributed by atoms with Gasteiger partial charge in [-0.05, 0) is 91.8 Å². The third-order valence-corrected chi connectivity index (χ3v) is 10.9. The van der Waals surface area contributed by atoms with E-state index in [9.17, 15) is 24.0 Å². The van der Waals surface area contributed by atoms with E-state index in [1.54, 1.807) is 71.9 Å². The zero-order chi connectivity index (χ0) is 40.8. The van der Waals surface area contributed by atoms with E-state index in [0.29, 0.717) is 12.0 Å². The average Bonchev–Trinajstić information content (AvgIpc) is 3.70. The molecule has 0 spiro atoms. The molecule has 2 aliphatic rings. The number of cyclic esters (lactones) is 1. The van der Waals surface area contributed by atoms with E-state index >= 15 is 0 Å². The highest BCUT2D eigenvalue weighted by atomic mass is 16.7. The second-order valence-corrected chi connectivity index (χ2v) is 15.5. The number of likely N-dealkylation sites (N-methyl/N-ethyl adjacent to an activating group) is 1. The maximum atomic E-state index is 14.4. The Morgan fingerprint density at radius 2 is 1.73 bits per heavy atom. The molecule has 0 amide bonds. The molecule has 14 nitrogen and oxygen atoms in total. The molecular weight excluding hydrogens is 710 g/mol. The minimum Gasteiger partial charge on any atom is -0.457 e. The van der Waals surface area contributed by atoms with Crippen LogP contribution in [0.25, 0.3) is 0 Å². The van der Waals surface area contributed by atoms with Crippen LogP contribution in [-0.4, -0.2) is 113 Å². The Kier molecular flexibility index (Phi) is 14.3. The third kappa shape index (κ3) is 9.96. The van der Waals surface area contributed by atoms with Crippen LogP contribution in [-0.2, 0) is 42.8 Å². The predicted molar refractivity (Wildman–Crippen MR) is 201 cm³/mol. The summed E-state index contributed by atoms with van der Waals surface area (Å²) in [5.41, 5.74) is -2.32. The van der Waals surface area contributed by atoms with Gasteiger partial charge in [0.15, 0.2) is 29.6 Å². The van der Waals surface area contributed by atoms with Crippen LogP contribution in [0, 0.1) is 17.8 Å². The van der Waals surface area contributed by atoms with Gasteiger partial charge in [0.1, 0.15) is 18.3 Å². The second kappa shape index (κ2) is 18.1. The van der Waals surface area contributed by atoms with Gasteiger partial charge in [0.2, 0.25) is 0 Å². The smallest absolute Gasteiger partial charge is 0.420 e. The van der Waals surface area contributed by atoms with E-state index in [1.165, 1.54) is 38.8 Å². The molecule has 0 saturated carbocycles. The van der Waals surface area contributed by atoms with Crippen LogP contribution < -0.4 is 0 Å². The van der Waals surface area contributed by atoms with E-state index in [-0.39, 0.29) is 36.3 Å². The fraction of sp³-hybridized carbons (Fsp3) is 0.610. The van der Waals surface area contributed by atoms with Gasteiger partial charge in [0, 0.05) is 31.3 Å². The standard InChI is InChI=1S/C41H57N3O11/c1-12-31-40(7,55-39(49)44-19-18-42-23-44)21-24(2)32(45)25(3)22-41(8,50-11)35(27(5)33(46)28(6)36(47)52-31)54-38-34(30(43(9)10)20-26(4)51-38)53-37(48)29-16-14-13-15-17-29/h13-19,21,23,25-28,30-31,34-35,38H,12,20,22H2,1-11H3. The van der Waals surface area contributed by atoms with Gasteiger partial charge >= 0.3 is 18.0 Å². The molecule has 2 aromatic rings. The summed E-state index contributed by atoms with van der Waals surface area (Å²) >= 11 is 0.